The summed E-state index contributed by atoms with van der Waals surface area (Å²) in [5, 5.41) is 49.8. The van der Waals surface area contributed by atoms with E-state index in [-0.39, 0.29) is 17.1 Å². The van der Waals surface area contributed by atoms with Gasteiger partial charge in [-0.15, -0.1) is 0 Å². The van der Waals surface area contributed by atoms with E-state index in [4.69, 9.17) is 18.4 Å². The van der Waals surface area contributed by atoms with Crippen molar-refractivity contribution in [1.82, 2.24) is 0 Å². The molecule has 2 aromatic carbocycles. The van der Waals surface area contributed by atoms with E-state index >= 15 is 0 Å². The van der Waals surface area contributed by atoms with Gasteiger partial charge in [-0.2, -0.15) is 16.8 Å². The van der Waals surface area contributed by atoms with Gasteiger partial charge >= 0.3 is 26.8 Å². The van der Waals surface area contributed by atoms with Crippen LogP contribution >= 0.6 is 0 Å². The lowest BCUT2D eigenvalue weighted by atomic mass is 9.99. The second-order valence-electron chi connectivity index (χ2n) is 8.32. The van der Waals surface area contributed by atoms with Gasteiger partial charge in [-0.3, -0.25) is 13.9 Å². The van der Waals surface area contributed by atoms with Crippen LogP contribution in [-0.4, -0.2) is 88.1 Å². The molecule has 0 radical (unpaired) electrons. The van der Waals surface area contributed by atoms with Crippen LogP contribution in [0.1, 0.15) is 0 Å². The Morgan fingerprint density at radius 1 is 0.878 bits per heavy atom. The minimum absolute atomic E-state index is 0.140. The second kappa shape index (κ2) is 10.8. The summed E-state index contributed by atoms with van der Waals surface area (Å²) >= 11 is 0. The maximum atomic E-state index is 12.8. The van der Waals surface area contributed by atoms with Crippen molar-refractivity contribution >= 4 is 37.7 Å². The standard InChI is InChI=1S/C21H18O18S2/c22-8-3-1-7(2-4-8)12-6-10(24)13-9(23)5-11(25)15(16(13)35-12)36-21-18(39-41(32,33)34)14(26)17(38-40(29,30)31)19(37-21)20(27)28/h1-6,14,17-19,21-23,25-26H,(H,27,28)(H,29,30,31)(H,32,33,34)/t14-,17-,18?,19?,21+/m0/s1. The molecule has 7 N–H and O–H groups in total. The van der Waals surface area contributed by atoms with Crippen LogP contribution in [0.25, 0.3) is 22.3 Å². The van der Waals surface area contributed by atoms with E-state index in [1.807, 2.05) is 0 Å². The lowest BCUT2D eigenvalue weighted by Gasteiger charge is -2.40. The summed E-state index contributed by atoms with van der Waals surface area (Å²) in [7, 11) is -11.0. The number of ether oxygens (including phenoxy) is 2. The molecule has 1 fully saturated rings. The molecule has 2 heterocycles. The summed E-state index contributed by atoms with van der Waals surface area (Å²) in [5.74, 6) is -5.12. The number of aromatic hydroxyl groups is 3. The second-order valence-corrected chi connectivity index (χ2v) is 10.4. The van der Waals surface area contributed by atoms with E-state index in [1.54, 1.807) is 0 Å². The number of benzene rings is 2. The molecule has 41 heavy (non-hydrogen) atoms. The Kier molecular flexibility index (Phi) is 7.86. The van der Waals surface area contributed by atoms with Crippen molar-refractivity contribution in [2.75, 3.05) is 0 Å². The van der Waals surface area contributed by atoms with E-state index in [9.17, 15) is 56.5 Å². The maximum absolute atomic E-state index is 12.8. The number of hydrogen-bond donors (Lipinski definition) is 7. The zero-order valence-electron chi connectivity index (χ0n) is 19.8. The van der Waals surface area contributed by atoms with Crippen molar-refractivity contribution in [2.45, 2.75) is 30.7 Å². The van der Waals surface area contributed by atoms with Gasteiger partial charge < -0.3 is 39.4 Å². The highest BCUT2D eigenvalue weighted by Crippen LogP contribution is 2.42. The Bertz CT molecular complexity index is 1760. The molecule has 0 bridgehead atoms. The SMILES string of the molecule is O=C(O)C1O[C@@H](Oc2c(O)cc(O)c3c(=O)cc(-c4ccc(O)cc4)oc23)C(OS(=O)(=O)O)[C@@H](O)[C@@H]1OS(=O)(=O)O. The first-order valence-corrected chi connectivity index (χ1v) is 13.5. The van der Waals surface area contributed by atoms with Gasteiger partial charge in [0.15, 0.2) is 29.0 Å². The average molecular weight is 622 g/mol. The molecule has 1 saturated heterocycles. The number of carbonyl (C=O) groups is 1. The van der Waals surface area contributed by atoms with Gasteiger partial charge in [0.1, 0.15) is 34.9 Å². The van der Waals surface area contributed by atoms with E-state index in [2.05, 4.69) is 8.37 Å². The van der Waals surface area contributed by atoms with E-state index in [1.165, 1.54) is 24.3 Å². The molecule has 0 saturated carbocycles. The van der Waals surface area contributed by atoms with Crippen molar-refractivity contribution < 1.29 is 78.5 Å². The van der Waals surface area contributed by atoms with Gasteiger partial charge in [0.2, 0.25) is 12.0 Å². The predicted molar refractivity (Wildman–Crippen MR) is 129 cm³/mol. The van der Waals surface area contributed by atoms with Gasteiger partial charge in [-0.25, -0.2) is 13.2 Å². The highest BCUT2D eigenvalue weighted by Gasteiger charge is 2.54. The molecule has 2 unspecified atom stereocenters. The van der Waals surface area contributed by atoms with Crippen LogP contribution in [0, 0.1) is 0 Å². The fourth-order valence-corrected chi connectivity index (χ4v) is 4.87. The Labute approximate surface area is 228 Å². The van der Waals surface area contributed by atoms with Gasteiger partial charge in [-0.05, 0) is 24.3 Å². The molecular weight excluding hydrogens is 604 g/mol. The first-order valence-electron chi connectivity index (χ1n) is 10.8. The fraction of sp³-hybridized carbons (Fsp3) is 0.238. The van der Waals surface area contributed by atoms with Crippen LogP contribution in [0.5, 0.6) is 23.0 Å². The average Bonchev–Trinajstić information content (AvgIpc) is 2.83. The molecule has 0 aliphatic carbocycles. The fourth-order valence-electron chi connectivity index (χ4n) is 3.89. The molecule has 222 valence electrons. The van der Waals surface area contributed by atoms with Gasteiger partial charge in [0, 0.05) is 17.7 Å². The van der Waals surface area contributed by atoms with Gasteiger partial charge in [0.05, 0.1) is 0 Å². The molecule has 4 rings (SSSR count). The van der Waals surface area contributed by atoms with Crippen LogP contribution in [0.15, 0.2) is 45.6 Å². The van der Waals surface area contributed by atoms with Crippen molar-refractivity contribution in [3.8, 4) is 34.3 Å². The normalized spacial score (nSPS) is 23.3. The van der Waals surface area contributed by atoms with E-state index < -0.39 is 91.1 Å². The molecule has 1 aliphatic rings. The number of rotatable bonds is 8. The molecule has 18 nitrogen and oxygen atoms in total. The Hall–Kier alpha value is -4.02. The molecule has 3 aromatic rings. The number of carboxylic acids is 1. The minimum atomic E-state index is -5.53. The zero-order valence-corrected chi connectivity index (χ0v) is 21.4. The summed E-state index contributed by atoms with van der Waals surface area (Å²) in [5.41, 5.74) is -1.43. The summed E-state index contributed by atoms with van der Waals surface area (Å²) < 4.78 is 88.0. The topological polar surface area (TPSA) is 294 Å². The molecule has 5 atom stereocenters. The molecule has 0 spiro atoms. The zero-order chi connectivity index (χ0) is 30.4. The molecule has 0 amide bonds. The summed E-state index contributed by atoms with van der Waals surface area (Å²) in [6, 6.07) is 6.65. The number of carboxylic acid groups (broad SMARTS) is 1. The third kappa shape index (κ3) is 6.49. The number of phenolic OH excluding ortho intramolecular Hbond substituents is 3. The number of hydrogen-bond acceptors (Lipinski definition) is 15. The van der Waals surface area contributed by atoms with Crippen LogP contribution in [0.3, 0.4) is 0 Å². The van der Waals surface area contributed by atoms with Gasteiger partial charge in [0.25, 0.3) is 0 Å². The Balaban J connectivity index is 1.87. The molecule has 20 heteroatoms. The summed E-state index contributed by atoms with van der Waals surface area (Å²) in [4.78, 5) is 24.6. The van der Waals surface area contributed by atoms with Crippen LogP contribution in [0.4, 0.5) is 0 Å². The van der Waals surface area contributed by atoms with Crippen molar-refractivity contribution in [2.24, 2.45) is 0 Å². The Morgan fingerprint density at radius 2 is 1.46 bits per heavy atom. The number of aliphatic hydroxyl groups excluding tert-OH is 1. The lowest BCUT2D eigenvalue weighted by Crippen LogP contribution is -2.63. The first-order chi connectivity index (χ1) is 18.9. The maximum Gasteiger partial charge on any atom is 0.397 e. The van der Waals surface area contributed by atoms with Crippen LogP contribution < -0.4 is 10.2 Å². The minimum Gasteiger partial charge on any atom is -0.508 e. The van der Waals surface area contributed by atoms with Crippen LogP contribution in [0.2, 0.25) is 0 Å². The van der Waals surface area contributed by atoms with Gasteiger partial charge in [-0.1, -0.05) is 0 Å². The highest BCUT2D eigenvalue weighted by atomic mass is 32.3. The lowest BCUT2D eigenvalue weighted by molar-refractivity contribution is -0.261. The Morgan fingerprint density at radius 3 is 2.02 bits per heavy atom. The summed E-state index contributed by atoms with van der Waals surface area (Å²) in [6.07, 6.45) is -12.8. The number of aliphatic hydroxyl groups is 1. The number of aliphatic carboxylic acids is 1. The van der Waals surface area contributed by atoms with Crippen molar-refractivity contribution in [3.63, 3.8) is 0 Å². The monoisotopic (exact) mass is 622 g/mol. The smallest absolute Gasteiger partial charge is 0.397 e. The summed E-state index contributed by atoms with van der Waals surface area (Å²) in [6.45, 7) is 0. The quantitative estimate of drug-likeness (QED) is 0.156. The van der Waals surface area contributed by atoms with Crippen molar-refractivity contribution in [1.29, 1.82) is 0 Å². The largest absolute Gasteiger partial charge is 0.508 e. The predicted octanol–water partition coefficient (Wildman–Crippen LogP) is -0.498. The van der Waals surface area contributed by atoms with Crippen LogP contribution in [-0.2, 0) is 38.7 Å². The number of fused-ring (bicyclic) bond motifs is 1. The molecule has 1 aliphatic heterocycles. The third-order valence-corrected chi connectivity index (χ3v) is 6.46. The molecular formula is C21H18O18S2. The van der Waals surface area contributed by atoms with E-state index in [0.29, 0.717) is 6.07 Å². The number of phenols is 3. The highest BCUT2D eigenvalue weighted by molar-refractivity contribution is 7.81. The molecule has 1 aromatic heterocycles. The first kappa shape index (κ1) is 30.0. The van der Waals surface area contributed by atoms with E-state index in [0.717, 1.165) is 6.07 Å². The third-order valence-electron chi connectivity index (χ3n) is 5.53. The van der Waals surface area contributed by atoms with Crippen molar-refractivity contribution in [3.05, 3.63) is 46.6 Å².